The van der Waals surface area contributed by atoms with Crippen LogP contribution in [0, 0.1) is 5.92 Å². The number of nitrogens with one attached hydrogen (secondary N) is 2. The van der Waals surface area contributed by atoms with Crippen LogP contribution in [0.2, 0.25) is 0 Å². The lowest BCUT2D eigenvalue weighted by molar-refractivity contribution is 0.316. The Bertz CT molecular complexity index is 522. The first-order valence-corrected chi connectivity index (χ1v) is 9.39. The fraction of sp³-hybridized carbons (Fsp3) is 0.625. The van der Waals surface area contributed by atoms with Crippen LogP contribution in [-0.4, -0.2) is 28.1 Å². The number of sulfonamides is 1. The van der Waals surface area contributed by atoms with Crippen molar-refractivity contribution in [2.75, 3.05) is 19.6 Å². The van der Waals surface area contributed by atoms with E-state index in [0.29, 0.717) is 17.4 Å². The predicted octanol–water partition coefficient (Wildman–Crippen LogP) is 2.31. The standard InChI is InChI=1S/C16H26N2O2S/c1-2-17-12-4-7-14-8-10-16(11-9-14)21(19,20)18-13-15-5-3-6-15/h8-11,15,17-18H,2-7,12-13H2,1H3. The molecule has 0 aliphatic heterocycles. The summed E-state index contributed by atoms with van der Waals surface area (Å²) in [6, 6.07) is 7.27. The number of hydrogen-bond acceptors (Lipinski definition) is 3. The molecule has 0 spiro atoms. The minimum atomic E-state index is -3.34. The topological polar surface area (TPSA) is 58.2 Å². The fourth-order valence-electron chi connectivity index (χ4n) is 2.44. The van der Waals surface area contributed by atoms with E-state index in [1.165, 1.54) is 12.0 Å². The van der Waals surface area contributed by atoms with E-state index in [0.717, 1.165) is 38.8 Å². The largest absolute Gasteiger partial charge is 0.317 e. The zero-order chi connectivity index (χ0) is 15.1. The third-order valence-electron chi connectivity index (χ3n) is 4.09. The molecule has 2 rings (SSSR count). The molecule has 0 atom stereocenters. The van der Waals surface area contributed by atoms with E-state index in [2.05, 4.69) is 17.0 Å². The van der Waals surface area contributed by atoms with Crippen LogP contribution in [0.3, 0.4) is 0 Å². The fourth-order valence-corrected chi connectivity index (χ4v) is 3.55. The summed E-state index contributed by atoms with van der Waals surface area (Å²) in [4.78, 5) is 0.372. The molecule has 4 nitrogen and oxygen atoms in total. The van der Waals surface area contributed by atoms with E-state index < -0.39 is 10.0 Å². The van der Waals surface area contributed by atoms with Crippen molar-refractivity contribution < 1.29 is 8.42 Å². The first-order chi connectivity index (χ1) is 10.1. The Morgan fingerprint density at radius 1 is 1.19 bits per heavy atom. The minimum Gasteiger partial charge on any atom is -0.317 e. The lowest BCUT2D eigenvalue weighted by atomic mass is 9.86. The molecule has 0 aromatic heterocycles. The zero-order valence-corrected chi connectivity index (χ0v) is 13.6. The zero-order valence-electron chi connectivity index (χ0n) is 12.8. The van der Waals surface area contributed by atoms with Crippen molar-refractivity contribution in [3.8, 4) is 0 Å². The van der Waals surface area contributed by atoms with Gasteiger partial charge < -0.3 is 5.32 Å². The average Bonchev–Trinajstić information content (AvgIpc) is 2.42. The molecule has 2 N–H and O–H groups in total. The van der Waals surface area contributed by atoms with Gasteiger partial charge in [0, 0.05) is 6.54 Å². The molecule has 1 aliphatic carbocycles. The van der Waals surface area contributed by atoms with Crippen LogP contribution in [0.5, 0.6) is 0 Å². The van der Waals surface area contributed by atoms with Gasteiger partial charge in [0.1, 0.15) is 0 Å². The van der Waals surface area contributed by atoms with Crippen molar-refractivity contribution in [1.82, 2.24) is 10.0 Å². The molecule has 1 aliphatic rings. The summed E-state index contributed by atoms with van der Waals surface area (Å²) >= 11 is 0. The molecule has 0 bridgehead atoms. The van der Waals surface area contributed by atoms with Crippen LogP contribution in [-0.2, 0) is 16.4 Å². The molecule has 1 fully saturated rings. The highest BCUT2D eigenvalue weighted by atomic mass is 32.2. The van der Waals surface area contributed by atoms with E-state index in [9.17, 15) is 8.42 Å². The van der Waals surface area contributed by atoms with Crippen molar-refractivity contribution in [2.45, 2.75) is 43.9 Å². The molecular formula is C16H26N2O2S. The highest BCUT2D eigenvalue weighted by Gasteiger charge is 2.21. The second-order valence-electron chi connectivity index (χ2n) is 5.75. The van der Waals surface area contributed by atoms with Crippen molar-refractivity contribution in [1.29, 1.82) is 0 Å². The molecule has 5 heteroatoms. The predicted molar refractivity (Wildman–Crippen MR) is 85.8 cm³/mol. The lowest BCUT2D eigenvalue weighted by Gasteiger charge is -2.25. The molecule has 0 saturated heterocycles. The van der Waals surface area contributed by atoms with Gasteiger partial charge >= 0.3 is 0 Å². The summed E-state index contributed by atoms with van der Waals surface area (Å²) in [7, 11) is -3.34. The van der Waals surface area contributed by atoms with Gasteiger partial charge in [0.05, 0.1) is 4.90 Å². The minimum absolute atomic E-state index is 0.372. The Hall–Kier alpha value is -0.910. The third kappa shape index (κ3) is 5.09. The van der Waals surface area contributed by atoms with Gasteiger partial charge in [0.25, 0.3) is 0 Å². The first kappa shape index (κ1) is 16.5. The molecule has 1 saturated carbocycles. The normalized spacial score (nSPS) is 15.9. The van der Waals surface area contributed by atoms with E-state index in [-0.39, 0.29) is 0 Å². The van der Waals surface area contributed by atoms with Crippen molar-refractivity contribution in [3.05, 3.63) is 29.8 Å². The molecule has 1 aromatic rings. The summed E-state index contributed by atoms with van der Waals surface area (Å²) in [6.45, 7) is 4.66. The quantitative estimate of drug-likeness (QED) is 0.688. The number of rotatable bonds is 9. The average molecular weight is 310 g/mol. The number of aryl methyl sites for hydroxylation is 1. The molecule has 0 radical (unpaired) electrons. The highest BCUT2D eigenvalue weighted by molar-refractivity contribution is 7.89. The van der Waals surface area contributed by atoms with Gasteiger partial charge in [-0.3, -0.25) is 0 Å². The van der Waals surface area contributed by atoms with E-state index in [1.54, 1.807) is 12.1 Å². The summed E-state index contributed by atoms with van der Waals surface area (Å²) < 4.78 is 27.1. The van der Waals surface area contributed by atoms with Crippen LogP contribution >= 0.6 is 0 Å². The monoisotopic (exact) mass is 310 g/mol. The van der Waals surface area contributed by atoms with Gasteiger partial charge in [-0.05, 0) is 62.4 Å². The van der Waals surface area contributed by atoms with Crippen LogP contribution in [0.15, 0.2) is 29.2 Å². The summed E-state index contributed by atoms with van der Waals surface area (Å²) in [5.41, 5.74) is 1.19. The smallest absolute Gasteiger partial charge is 0.240 e. The van der Waals surface area contributed by atoms with E-state index in [4.69, 9.17) is 0 Å². The van der Waals surface area contributed by atoms with Gasteiger partial charge in [-0.2, -0.15) is 0 Å². The maximum Gasteiger partial charge on any atom is 0.240 e. The van der Waals surface area contributed by atoms with Crippen molar-refractivity contribution in [3.63, 3.8) is 0 Å². The summed E-state index contributed by atoms with van der Waals surface area (Å²) in [5.74, 6) is 0.533. The van der Waals surface area contributed by atoms with Crippen LogP contribution in [0.25, 0.3) is 0 Å². The number of benzene rings is 1. The lowest BCUT2D eigenvalue weighted by Crippen LogP contribution is -2.32. The van der Waals surface area contributed by atoms with Crippen molar-refractivity contribution >= 4 is 10.0 Å². The third-order valence-corrected chi connectivity index (χ3v) is 5.53. The Kier molecular flexibility index (Phi) is 6.21. The molecule has 21 heavy (non-hydrogen) atoms. The highest BCUT2D eigenvalue weighted by Crippen LogP contribution is 2.25. The van der Waals surface area contributed by atoms with Gasteiger partial charge in [0.2, 0.25) is 10.0 Å². The molecule has 0 heterocycles. The van der Waals surface area contributed by atoms with Gasteiger partial charge in [-0.25, -0.2) is 13.1 Å². The first-order valence-electron chi connectivity index (χ1n) is 7.91. The summed E-state index contributed by atoms with van der Waals surface area (Å²) in [6.07, 6.45) is 5.57. The molecular weight excluding hydrogens is 284 g/mol. The van der Waals surface area contributed by atoms with Crippen molar-refractivity contribution in [2.24, 2.45) is 5.92 Å². The molecule has 0 unspecified atom stereocenters. The van der Waals surface area contributed by atoms with Gasteiger partial charge in [0.15, 0.2) is 0 Å². The van der Waals surface area contributed by atoms with Crippen LogP contribution in [0.1, 0.15) is 38.2 Å². The number of hydrogen-bond donors (Lipinski definition) is 2. The Morgan fingerprint density at radius 3 is 2.48 bits per heavy atom. The Balaban J connectivity index is 1.84. The van der Waals surface area contributed by atoms with Crippen LogP contribution in [0.4, 0.5) is 0 Å². The Morgan fingerprint density at radius 2 is 1.90 bits per heavy atom. The summed E-state index contributed by atoms with van der Waals surface area (Å²) in [5, 5.41) is 3.29. The van der Waals surface area contributed by atoms with Gasteiger partial charge in [-0.1, -0.05) is 25.5 Å². The Labute approximate surface area is 128 Å². The van der Waals surface area contributed by atoms with E-state index in [1.807, 2.05) is 12.1 Å². The second kappa shape index (κ2) is 7.92. The SMILES string of the molecule is CCNCCCc1ccc(S(=O)(=O)NCC2CCC2)cc1. The second-order valence-corrected chi connectivity index (χ2v) is 7.52. The maximum absolute atomic E-state index is 12.2. The molecule has 0 amide bonds. The maximum atomic E-state index is 12.2. The van der Waals surface area contributed by atoms with Gasteiger partial charge in [-0.15, -0.1) is 0 Å². The van der Waals surface area contributed by atoms with E-state index >= 15 is 0 Å². The molecule has 118 valence electrons. The molecule has 1 aromatic carbocycles. The van der Waals surface area contributed by atoms with Crippen LogP contribution < -0.4 is 10.0 Å².